The highest BCUT2D eigenvalue weighted by Crippen LogP contribution is 2.26. The number of nitrogens with zero attached hydrogens (tertiary/aromatic N) is 1. The Morgan fingerprint density at radius 3 is 2.48 bits per heavy atom. The number of hydrogen-bond donors (Lipinski definition) is 3. The predicted molar refractivity (Wildman–Crippen MR) is 108 cm³/mol. The first kappa shape index (κ1) is 22.8. The van der Waals surface area contributed by atoms with Gasteiger partial charge in [-0.25, -0.2) is 0 Å². The molecule has 0 radical (unpaired) electrons. The number of carboxylic acid groups (broad SMARTS) is 1. The van der Waals surface area contributed by atoms with Crippen molar-refractivity contribution in [2.75, 3.05) is 26.2 Å². The minimum absolute atomic E-state index is 0.160. The first-order chi connectivity index (χ1) is 13.9. The van der Waals surface area contributed by atoms with Crippen molar-refractivity contribution in [1.29, 1.82) is 0 Å². The highest BCUT2D eigenvalue weighted by Gasteiger charge is 2.33. The summed E-state index contributed by atoms with van der Waals surface area (Å²) in [4.78, 5) is 36.8. The van der Waals surface area contributed by atoms with Gasteiger partial charge in [-0.1, -0.05) is 30.7 Å². The molecule has 0 saturated heterocycles. The standard InChI is InChI=1S/C21H31N3O5/c1-2-29-20(27)13-23-10-6-5-9-18(22)21(28)24(14-19(25)26)17-11-15-7-3-4-8-16(15)12-17/h3-4,7-8,17-18,23H,2,5-6,9-14,22H2,1H3,(H,25,26)/t18-/m0/s1. The molecular weight excluding hydrogens is 374 g/mol. The molecule has 0 spiro atoms. The minimum atomic E-state index is -1.04. The maximum Gasteiger partial charge on any atom is 0.323 e. The number of esters is 1. The Bertz CT molecular complexity index is 684. The van der Waals surface area contributed by atoms with E-state index >= 15 is 0 Å². The summed E-state index contributed by atoms with van der Waals surface area (Å²) in [5.74, 6) is -1.64. The fourth-order valence-corrected chi connectivity index (χ4v) is 3.64. The Morgan fingerprint density at radius 1 is 1.24 bits per heavy atom. The molecule has 0 fully saturated rings. The van der Waals surface area contributed by atoms with Crippen molar-refractivity contribution in [3.63, 3.8) is 0 Å². The summed E-state index contributed by atoms with van der Waals surface area (Å²) < 4.78 is 4.83. The van der Waals surface area contributed by atoms with Gasteiger partial charge in [0, 0.05) is 6.04 Å². The lowest BCUT2D eigenvalue weighted by molar-refractivity contribution is -0.146. The lowest BCUT2D eigenvalue weighted by Crippen LogP contribution is -2.51. The first-order valence-electron chi connectivity index (χ1n) is 10.1. The van der Waals surface area contributed by atoms with Gasteiger partial charge >= 0.3 is 11.9 Å². The van der Waals surface area contributed by atoms with E-state index in [4.69, 9.17) is 10.5 Å². The summed E-state index contributed by atoms with van der Waals surface area (Å²) in [6, 6.07) is 7.03. The summed E-state index contributed by atoms with van der Waals surface area (Å²) in [6.45, 7) is 2.56. The average Bonchev–Trinajstić information content (AvgIpc) is 3.12. The van der Waals surface area contributed by atoms with E-state index in [1.165, 1.54) is 4.90 Å². The lowest BCUT2D eigenvalue weighted by Gasteiger charge is -2.30. The van der Waals surface area contributed by atoms with Crippen LogP contribution >= 0.6 is 0 Å². The van der Waals surface area contributed by atoms with Crippen LogP contribution < -0.4 is 11.1 Å². The Labute approximate surface area is 171 Å². The molecule has 0 saturated carbocycles. The van der Waals surface area contributed by atoms with Crippen LogP contribution in [0.2, 0.25) is 0 Å². The van der Waals surface area contributed by atoms with Crippen LogP contribution in [0.1, 0.15) is 37.3 Å². The minimum Gasteiger partial charge on any atom is -0.480 e. The summed E-state index contributed by atoms with van der Waals surface area (Å²) in [7, 11) is 0. The molecule has 8 nitrogen and oxygen atoms in total. The van der Waals surface area contributed by atoms with Crippen molar-refractivity contribution in [1.82, 2.24) is 10.2 Å². The van der Waals surface area contributed by atoms with Gasteiger partial charge in [0.2, 0.25) is 5.91 Å². The summed E-state index contributed by atoms with van der Waals surface area (Å²) >= 11 is 0. The van der Waals surface area contributed by atoms with Crippen molar-refractivity contribution in [3.05, 3.63) is 35.4 Å². The normalized spacial score (nSPS) is 14.3. The smallest absolute Gasteiger partial charge is 0.323 e. The summed E-state index contributed by atoms with van der Waals surface area (Å²) in [5, 5.41) is 12.3. The third kappa shape index (κ3) is 7.14. The van der Waals surface area contributed by atoms with Crippen LogP contribution in [0.3, 0.4) is 0 Å². The molecule has 0 unspecified atom stereocenters. The van der Waals surface area contributed by atoms with Crippen LogP contribution in [0.5, 0.6) is 0 Å². The number of carboxylic acids is 1. The number of unbranched alkanes of at least 4 members (excludes halogenated alkanes) is 1. The maximum absolute atomic E-state index is 12.9. The van der Waals surface area contributed by atoms with Crippen molar-refractivity contribution in [3.8, 4) is 0 Å². The Kier molecular flexibility index (Phi) is 9.08. The van der Waals surface area contributed by atoms with Gasteiger partial charge in [-0.05, 0) is 50.3 Å². The van der Waals surface area contributed by atoms with Crippen LogP contribution in [0.4, 0.5) is 0 Å². The zero-order chi connectivity index (χ0) is 21.2. The third-order valence-electron chi connectivity index (χ3n) is 5.07. The number of ether oxygens (including phenoxy) is 1. The molecule has 0 aliphatic heterocycles. The second-order valence-corrected chi connectivity index (χ2v) is 7.27. The van der Waals surface area contributed by atoms with Crippen LogP contribution in [0.25, 0.3) is 0 Å². The molecule has 1 aliphatic carbocycles. The molecule has 1 aromatic carbocycles. The van der Waals surface area contributed by atoms with Gasteiger partial charge in [0.05, 0.1) is 19.2 Å². The molecule has 4 N–H and O–H groups in total. The third-order valence-corrected chi connectivity index (χ3v) is 5.07. The number of aliphatic carboxylic acids is 1. The molecule has 160 valence electrons. The molecule has 1 aromatic rings. The van der Waals surface area contributed by atoms with Gasteiger partial charge in [-0.15, -0.1) is 0 Å². The van der Waals surface area contributed by atoms with Crippen LogP contribution in [0, 0.1) is 0 Å². The van der Waals surface area contributed by atoms with E-state index in [2.05, 4.69) is 5.32 Å². The Morgan fingerprint density at radius 2 is 1.90 bits per heavy atom. The summed E-state index contributed by atoms with van der Waals surface area (Å²) in [6.07, 6.45) is 3.23. The molecule has 2 rings (SSSR count). The molecule has 0 heterocycles. The van der Waals surface area contributed by atoms with Gasteiger partial charge in [-0.2, -0.15) is 0 Å². The van der Waals surface area contributed by atoms with E-state index in [-0.39, 0.29) is 31.0 Å². The zero-order valence-corrected chi connectivity index (χ0v) is 16.9. The van der Waals surface area contributed by atoms with Crippen LogP contribution in [0.15, 0.2) is 24.3 Å². The van der Waals surface area contributed by atoms with Gasteiger partial charge < -0.3 is 25.8 Å². The Balaban J connectivity index is 1.80. The molecular formula is C21H31N3O5. The zero-order valence-electron chi connectivity index (χ0n) is 16.9. The maximum atomic E-state index is 12.9. The monoisotopic (exact) mass is 405 g/mol. The summed E-state index contributed by atoms with van der Waals surface area (Å²) in [5.41, 5.74) is 8.40. The van der Waals surface area contributed by atoms with Crippen LogP contribution in [-0.2, 0) is 32.0 Å². The predicted octanol–water partition coefficient (Wildman–Crippen LogP) is 0.717. The molecule has 29 heavy (non-hydrogen) atoms. The number of amides is 1. The second kappa shape index (κ2) is 11.5. The van der Waals surface area contributed by atoms with Gasteiger partial charge in [0.15, 0.2) is 0 Å². The van der Waals surface area contributed by atoms with Crippen molar-refractivity contribution < 1.29 is 24.2 Å². The largest absolute Gasteiger partial charge is 0.480 e. The number of carbonyl (C=O) groups excluding carboxylic acids is 2. The Hall–Kier alpha value is -2.45. The number of nitrogens with one attached hydrogen (secondary N) is 1. The second-order valence-electron chi connectivity index (χ2n) is 7.27. The average molecular weight is 405 g/mol. The van der Waals surface area contributed by atoms with Crippen LogP contribution in [-0.4, -0.2) is 66.2 Å². The van der Waals surface area contributed by atoms with Gasteiger partial charge in [-0.3, -0.25) is 14.4 Å². The van der Waals surface area contributed by atoms with E-state index in [0.29, 0.717) is 38.8 Å². The number of hydrogen-bond acceptors (Lipinski definition) is 6. The molecule has 8 heteroatoms. The number of rotatable bonds is 12. The molecule has 0 bridgehead atoms. The SMILES string of the molecule is CCOC(=O)CNCCCC[C@H](N)C(=O)N(CC(=O)O)C1Cc2ccccc2C1. The van der Waals surface area contributed by atoms with Crippen molar-refractivity contribution in [2.24, 2.45) is 5.73 Å². The van der Waals surface area contributed by atoms with E-state index < -0.39 is 12.0 Å². The lowest BCUT2D eigenvalue weighted by atomic mass is 10.1. The van der Waals surface area contributed by atoms with Crippen molar-refractivity contribution in [2.45, 2.75) is 51.1 Å². The van der Waals surface area contributed by atoms with E-state index in [0.717, 1.165) is 17.5 Å². The molecule has 1 aliphatic rings. The first-order valence-corrected chi connectivity index (χ1v) is 10.1. The highest BCUT2D eigenvalue weighted by atomic mass is 16.5. The quantitative estimate of drug-likeness (QED) is 0.346. The highest BCUT2D eigenvalue weighted by molar-refractivity contribution is 5.85. The molecule has 0 aromatic heterocycles. The van der Waals surface area contributed by atoms with E-state index in [1.54, 1.807) is 6.92 Å². The van der Waals surface area contributed by atoms with Gasteiger partial charge in [0.1, 0.15) is 6.54 Å². The van der Waals surface area contributed by atoms with Gasteiger partial charge in [0.25, 0.3) is 0 Å². The fraction of sp³-hybridized carbons (Fsp3) is 0.571. The number of benzene rings is 1. The van der Waals surface area contributed by atoms with Crippen molar-refractivity contribution >= 4 is 17.8 Å². The molecule has 1 atom stereocenters. The van der Waals surface area contributed by atoms with E-state index in [1.807, 2.05) is 24.3 Å². The number of fused-ring (bicyclic) bond motifs is 1. The topological polar surface area (TPSA) is 122 Å². The van der Waals surface area contributed by atoms with E-state index in [9.17, 15) is 19.5 Å². The molecule has 1 amide bonds. The number of nitrogens with two attached hydrogens (primary N) is 1. The fourth-order valence-electron chi connectivity index (χ4n) is 3.64. The number of carbonyl (C=O) groups is 3.